The first-order valence-electron chi connectivity index (χ1n) is 7.46. The topological polar surface area (TPSA) is 49.4 Å². The summed E-state index contributed by atoms with van der Waals surface area (Å²) in [5, 5.41) is 3.26. The fourth-order valence-electron chi connectivity index (χ4n) is 2.96. The third kappa shape index (κ3) is 3.08. The monoisotopic (exact) mass is 328 g/mol. The van der Waals surface area contributed by atoms with Gasteiger partial charge in [0, 0.05) is 24.2 Å². The molecule has 0 saturated carbocycles. The van der Waals surface area contributed by atoms with Crippen LogP contribution in [0.3, 0.4) is 0 Å². The Morgan fingerprint density at radius 2 is 2.00 bits per heavy atom. The first-order valence-corrected chi connectivity index (χ1v) is 7.84. The molecule has 2 aromatic rings. The zero-order chi connectivity index (χ0) is 16.4. The summed E-state index contributed by atoms with van der Waals surface area (Å²) >= 11 is 6.01. The minimum Gasteiger partial charge on any atom is -0.357 e. The predicted molar refractivity (Wildman–Crippen MR) is 90.6 cm³/mol. The minimum absolute atomic E-state index is 0.0770. The number of hydrogen-bond acceptors (Lipinski definition) is 2. The summed E-state index contributed by atoms with van der Waals surface area (Å²) < 4.78 is 0. The standard InChI is InChI=1S/C18H17ClN2O2/c1-20-18(23)16(9-12-5-3-2-4-6-12)21-15-8-7-14(19)10-13(15)11-17(21)22/h2-8,10,16H,9,11H2,1H3,(H,20,23). The third-order valence-corrected chi connectivity index (χ3v) is 4.28. The SMILES string of the molecule is CNC(=O)C(Cc1ccccc1)N1C(=O)Cc2cc(Cl)ccc21. The van der Waals surface area contributed by atoms with E-state index in [4.69, 9.17) is 11.6 Å². The van der Waals surface area contributed by atoms with Crippen LogP contribution in [0.25, 0.3) is 0 Å². The highest BCUT2D eigenvalue weighted by Crippen LogP contribution is 2.33. The van der Waals surface area contributed by atoms with Gasteiger partial charge in [-0.1, -0.05) is 41.9 Å². The lowest BCUT2D eigenvalue weighted by molar-refractivity contribution is -0.125. The Labute approximate surface area is 140 Å². The largest absolute Gasteiger partial charge is 0.357 e. The van der Waals surface area contributed by atoms with Crippen LogP contribution in [0, 0.1) is 0 Å². The summed E-state index contributed by atoms with van der Waals surface area (Å²) in [4.78, 5) is 26.5. The molecule has 0 aromatic heterocycles. The van der Waals surface area contributed by atoms with Crippen LogP contribution in [0.5, 0.6) is 0 Å². The Kier molecular flexibility index (Phi) is 4.35. The number of carbonyl (C=O) groups excluding carboxylic acids is 2. The van der Waals surface area contributed by atoms with Crippen molar-refractivity contribution in [2.75, 3.05) is 11.9 Å². The number of nitrogens with one attached hydrogen (secondary N) is 1. The smallest absolute Gasteiger partial charge is 0.243 e. The Morgan fingerprint density at radius 1 is 1.26 bits per heavy atom. The van der Waals surface area contributed by atoms with Gasteiger partial charge in [0.05, 0.1) is 6.42 Å². The van der Waals surface area contributed by atoms with E-state index in [1.807, 2.05) is 36.4 Å². The molecule has 1 heterocycles. The number of rotatable bonds is 4. The molecule has 1 aliphatic heterocycles. The molecule has 0 aliphatic carbocycles. The molecule has 1 unspecified atom stereocenters. The second-order valence-corrected chi connectivity index (χ2v) is 5.97. The van der Waals surface area contributed by atoms with E-state index in [-0.39, 0.29) is 18.2 Å². The van der Waals surface area contributed by atoms with Crippen LogP contribution in [0.2, 0.25) is 5.02 Å². The molecule has 0 radical (unpaired) electrons. The van der Waals surface area contributed by atoms with Crippen LogP contribution in [-0.4, -0.2) is 24.9 Å². The van der Waals surface area contributed by atoms with Crippen molar-refractivity contribution in [2.24, 2.45) is 0 Å². The van der Waals surface area contributed by atoms with E-state index in [1.165, 1.54) is 0 Å². The van der Waals surface area contributed by atoms with E-state index in [1.54, 1.807) is 24.1 Å². The number of fused-ring (bicyclic) bond motifs is 1. The molecular weight excluding hydrogens is 312 g/mol. The van der Waals surface area contributed by atoms with Gasteiger partial charge < -0.3 is 5.32 Å². The predicted octanol–water partition coefficient (Wildman–Crippen LogP) is 2.59. The zero-order valence-electron chi connectivity index (χ0n) is 12.8. The van der Waals surface area contributed by atoms with Crippen LogP contribution in [0.1, 0.15) is 11.1 Å². The van der Waals surface area contributed by atoms with Crippen molar-refractivity contribution < 1.29 is 9.59 Å². The number of nitrogens with zero attached hydrogens (tertiary/aromatic N) is 1. The van der Waals surface area contributed by atoms with Crippen molar-refractivity contribution >= 4 is 29.1 Å². The second kappa shape index (κ2) is 6.42. The van der Waals surface area contributed by atoms with Crippen molar-refractivity contribution in [2.45, 2.75) is 18.9 Å². The van der Waals surface area contributed by atoms with Crippen molar-refractivity contribution in [1.82, 2.24) is 5.32 Å². The summed E-state index contributed by atoms with van der Waals surface area (Å²) in [5.74, 6) is -0.253. The number of anilines is 1. The molecule has 1 atom stereocenters. The number of hydrogen-bond donors (Lipinski definition) is 1. The molecule has 0 spiro atoms. The minimum atomic E-state index is -0.572. The molecule has 118 valence electrons. The van der Waals surface area contributed by atoms with Crippen LogP contribution in [-0.2, 0) is 22.4 Å². The zero-order valence-corrected chi connectivity index (χ0v) is 13.5. The van der Waals surface area contributed by atoms with Gasteiger partial charge in [-0.15, -0.1) is 0 Å². The molecule has 4 nitrogen and oxygen atoms in total. The number of likely N-dealkylation sites (N-methyl/N-ethyl adjacent to an activating group) is 1. The molecule has 5 heteroatoms. The van der Waals surface area contributed by atoms with Crippen molar-refractivity contribution in [3.63, 3.8) is 0 Å². The van der Waals surface area contributed by atoms with Gasteiger partial charge >= 0.3 is 0 Å². The van der Waals surface area contributed by atoms with E-state index in [0.717, 1.165) is 16.8 Å². The lowest BCUT2D eigenvalue weighted by atomic mass is 10.0. The molecule has 0 fully saturated rings. The van der Waals surface area contributed by atoms with Gasteiger partial charge in [0.2, 0.25) is 11.8 Å². The number of benzene rings is 2. The maximum Gasteiger partial charge on any atom is 0.243 e. The summed E-state index contributed by atoms with van der Waals surface area (Å²) in [6.45, 7) is 0. The molecule has 23 heavy (non-hydrogen) atoms. The third-order valence-electron chi connectivity index (χ3n) is 4.04. The second-order valence-electron chi connectivity index (χ2n) is 5.53. The van der Waals surface area contributed by atoms with Crippen molar-refractivity contribution in [3.8, 4) is 0 Å². The van der Waals surface area contributed by atoms with Crippen LogP contribution < -0.4 is 10.2 Å². The molecule has 0 bridgehead atoms. The first-order chi connectivity index (χ1) is 11.1. The fraction of sp³-hybridized carbons (Fsp3) is 0.222. The number of carbonyl (C=O) groups is 2. The average Bonchev–Trinajstić information content (AvgIpc) is 2.87. The molecule has 1 N–H and O–H groups in total. The molecular formula is C18H17ClN2O2. The van der Waals surface area contributed by atoms with Gasteiger partial charge in [0.25, 0.3) is 0 Å². The summed E-state index contributed by atoms with van der Waals surface area (Å²) in [5.41, 5.74) is 2.64. The average molecular weight is 329 g/mol. The first kappa shape index (κ1) is 15.6. The summed E-state index contributed by atoms with van der Waals surface area (Å²) in [6, 6.07) is 14.5. The highest BCUT2D eigenvalue weighted by molar-refractivity contribution is 6.31. The van der Waals surface area contributed by atoms with E-state index in [0.29, 0.717) is 11.4 Å². The Balaban J connectivity index is 1.97. The molecule has 1 aliphatic rings. The maximum atomic E-state index is 12.5. The fourth-order valence-corrected chi connectivity index (χ4v) is 3.15. The highest BCUT2D eigenvalue weighted by Gasteiger charge is 2.36. The Morgan fingerprint density at radius 3 is 2.70 bits per heavy atom. The highest BCUT2D eigenvalue weighted by atomic mass is 35.5. The van der Waals surface area contributed by atoms with Gasteiger partial charge in [-0.25, -0.2) is 0 Å². The summed E-state index contributed by atoms with van der Waals surface area (Å²) in [6.07, 6.45) is 0.743. The molecule has 0 saturated heterocycles. The van der Waals surface area contributed by atoms with Crippen LogP contribution >= 0.6 is 11.6 Å². The Hall–Kier alpha value is -2.33. The van der Waals surface area contributed by atoms with Crippen molar-refractivity contribution in [3.05, 3.63) is 64.7 Å². The Bertz CT molecular complexity index is 746. The van der Waals surface area contributed by atoms with Crippen molar-refractivity contribution in [1.29, 1.82) is 0 Å². The molecule has 3 rings (SSSR count). The number of halogens is 1. The lowest BCUT2D eigenvalue weighted by Crippen LogP contribution is -2.49. The normalized spacial score (nSPS) is 14.5. The van der Waals surface area contributed by atoms with Crippen LogP contribution in [0.15, 0.2) is 48.5 Å². The number of amides is 2. The lowest BCUT2D eigenvalue weighted by Gasteiger charge is -2.27. The van der Waals surface area contributed by atoms with Gasteiger partial charge in [0.1, 0.15) is 6.04 Å². The van der Waals surface area contributed by atoms with Gasteiger partial charge in [-0.3, -0.25) is 14.5 Å². The van der Waals surface area contributed by atoms with Gasteiger partial charge in [-0.2, -0.15) is 0 Å². The maximum absolute atomic E-state index is 12.5. The van der Waals surface area contributed by atoms with E-state index in [9.17, 15) is 9.59 Å². The van der Waals surface area contributed by atoms with Gasteiger partial charge in [0.15, 0.2) is 0 Å². The molecule has 2 aromatic carbocycles. The van der Waals surface area contributed by atoms with E-state index < -0.39 is 6.04 Å². The van der Waals surface area contributed by atoms with E-state index >= 15 is 0 Å². The van der Waals surface area contributed by atoms with E-state index in [2.05, 4.69) is 5.32 Å². The quantitative estimate of drug-likeness (QED) is 0.938. The summed E-state index contributed by atoms with van der Waals surface area (Å²) in [7, 11) is 1.59. The van der Waals surface area contributed by atoms with Crippen LogP contribution in [0.4, 0.5) is 5.69 Å². The van der Waals surface area contributed by atoms with Gasteiger partial charge in [-0.05, 0) is 29.3 Å². The molecule has 2 amide bonds.